The molecule has 0 radical (unpaired) electrons. The van der Waals surface area contributed by atoms with Crippen molar-refractivity contribution in [2.24, 2.45) is 0 Å². The first-order valence-corrected chi connectivity index (χ1v) is 8.07. The van der Waals surface area contributed by atoms with E-state index in [1.165, 1.54) is 5.56 Å². The Bertz CT molecular complexity index is 443. The SMILES string of the molecule is CCCOc1c(CN2CCN[C@@H](C)C2)cccc1OCC.Cl. The van der Waals surface area contributed by atoms with Crippen LogP contribution >= 0.6 is 12.4 Å². The number of nitrogens with zero attached hydrogens (tertiary/aromatic N) is 1. The van der Waals surface area contributed by atoms with Gasteiger partial charge in [0.25, 0.3) is 0 Å². The number of nitrogens with one attached hydrogen (secondary N) is 1. The molecular formula is C17H29ClN2O2. The third-order valence-electron chi connectivity index (χ3n) is 3.66. The Balaban J connectivity index is 0.00000242. The molecule has 22 heavy (non-hydrogen) atoms. The Kier molecular flexibility index (Phi) is 8.61. The summed E-state index contributed by atoms with van der Waals surface area (Å²) in [5.74, 6) is 1.79. The van der Waals surface area contributed by atoms with Gasteiger partial charge in [-0.3, -0.25) is 4.90 Å². The van der Waals surface area contributed by atoms with Gasteiger partial charge in [-0.25, -0.2) is 0 Å². The molecule has 2 rings (SSSR count). The zero-order valence-corrected chi connectivity index (χ0v) is 14.7. The van der Waals surface area contributed by atoms with Gasteiger partial charge in [0.05, 0.1) is 13.2 Å². The first-order chi connectivity index (χ1) is 10.2. The topological polar surface area (TPSA) is 33.7 Å². The van der Waals surface area contributed by atoms with Crippen molar-refractivity contribution >= 4 is 12.4 Å². The van der Waals surface area contributed by atoms with Crippen LogP contribution in [0.3, 0.4) is 0 Å². The van der Waals surface area contributed by atoms with E-state index in [-0.39, 0.29) is 12.4 Å². The molecule has 1 aromatic carbocycles. The van der Waals surface area contributed by atoms with Crippen LogP contribution in [0.1, 0.15) is 32.8 Å². The molecule has 1 fully saturated rings. The summed E-state index contributed by atoms with van der Waals surface area (Å²) in [6, 6.07) is 6.76. The molecule has 1 N–H and O–H groups in total. The van der Waals surface area contributed by atoms with Gasteiger partial charge in [0.2, 0.25) is 0 Å². The summed E-state index contributed by atoms with van der Waals surface area (Å²) in [5.41, 5.74) is 1.23. The lowest BCUT2D eigenvalue weighted by Crippen LogP contribution is -2.48. The molecule has 1 aliphatic heterocycles. The average Bonchev–Trinajstić information content (AvgIpc) is 2.47. The van der Waals surface area contributed by atoms with Crippen LogP contribution in [0, 0.1) is 0 Å². The first kappa shape index (κ1) is 19.1. The molecule has 0 spiro atoms. The van der Waals surface area contributed by atoms with Crippen molar-refractivity contribution in [1.82, 2.24) is 10.2 Å². The van der Waals surface area contributed by atoms with Gasteiger partial charge >= 0.3 is 0 Å². The fourth-order valence-electron chi connectivity index (χ4n) is 2.72. The van der Waals surface area contributed by atoms with Gasteiger partial charge in [0, 0.05) is 37.8 Å². The van der Waals surface area contributed by atoms with E-state index in [0.717, 1.165) is 50.7 Å². The summed E-state index contributed by atoms with van der Waals surface area (Å²) in [5, 5.41) is 3.48. The number of ether oxygens (including phenoxy) is 2. The van der Waals surface area contributed by atoms with E-state index in [0.29, 0.717) is 12.6 Å². The van der Waals surface area contributed by atoms with Crippen LogP contribution in [-0.4, -0.2) is 43.8 Å². The van der Waals surface area contributed by atoms with Crippen LogP contribution in [0.15, 0.2) is 18.2 Å². The Labute approximate surface area is 140 Å². The van der Waals surface area contributed by atoms with Crippen molar-refractivity contribution in [2.45, 2.75) is 39.8 Å². The van der Waals surface area contributed by atoms with Crippen LogP contribution in [0.2, 0.25) is 0 Å². The predicted octanol–water partition coefficient (Wildman–Crippen LogP) is 3.09. The van der Waals surface area contributed by atoms with E-state index in [4.69, 9.17) is 9.47 Å². The zero-order valence-electron chi connectivity index (χ0n) is 13.9. The lowest BCUT2D eigenvalue weighted by Gasteiger charge is -2.32. The van der Waals surface area contributed by atoms with E-state index < -0.39 is 0 Å². The minimum Gasteiger partial charge on any atom is -0.490 e. The van der Waals surface area contributed by atoms with E-state index >= 15 is 0 Å². The van der Waals surface area contributed by atoms with E-state index in [9.17, 15) is 0 Å². The van der Waals surface area contributed by atoms with Gasteiger partial charge < -0.3 is 14.8 Å². The van der Waals surface area contributed by atoms with Crippen molar-refractivity contribution < 1.29 is 9.47 Å². The molecule has 5 heteroatoms. The molecule has 0 aliphatic carbocycles. The fraction of sp³-hybridized carbons (Fsp3) is 0.647. The number of hydrogen-bond acceptors (Lipinski definition) is 4. The molecule has 1 aliphatic rings. The highest BCUT2D eigenvalue weighted by atomic mass is 35.5. The van der Waals surface area contributed by atoms with Gasteiger partial charge in [-0.2, -0.15) is 0 Å². The number of halogens is 1. The van der Waals surface area contributed by atoms with Gasteiger partial charge in [-0.1, -0.05) is 19.1 Å². The van der Waals surface area contributed by atoms with E-state index in [1.54, 1.807) is 0 Å². The maximum atomic E-state index is 5.97. The molecule has 1 aromatic rings. The van der Waals surface area contributed by atoms with E-state index in [1.807, 2.05) is 13.0 Å². The summed E-state index contributed by atoms with van der Waals surface area (Å²) in [4.78, 5) is 2.48. The Morgan fingerprint density at radius 2 is 2.09 bits per heavy atom. The third-order valence-corrected chi connectivity index (χ3v) is 3.66. The van der Waals surface area contributed by atoms with Crippen LogP contribution in [0.5, 0.6) is 11.5 Å². The van der Waals surface area contributed by atoms with Crippen LogP contribution < -0.4 is 14.8 Å². The number of hydrogen-bond donors (Lipinski definition) is 1. The monoisotopic (exact) mass is 328 g/mol. The molecule has 0 saturated carbocycles. The molecule has 1 saturated heterocycles. The number of para-hydroxylation sites is 1. The lowest BCUT2D eigenvalue weighted by atomic mass is 10.1. The van der Waals surface area contributed by atoms with Gasteiger partial charge in [0.15, 0.2) is 11.5 Å². The number of benzene rings is 1. The summed E-state index contributed by atoms with van der Waals surface area (Å²) < 4.78 is 11.7. The standard InChI is InChI=1S/C17H28N2O2.ClH/c1-4-11-21-17-15(7-6-8-16(17)20-5-2)13-19-10-9-18-14(3)12-19;/h6-8,14,18H,4-5,9-13H2,1-3H3;1H/t14-;/m0./s1. The van der Waals surface area contributed by atoms with Crippen LogP contribution in [-0.2, 0) is 6.54 Å². The molecule has 126 valence electrons. The smallest absolute Gasteiger partial charge is 0.165 e. The van der Waals surface area contributed by atoms with Gasteiger partial charge in [-0.05, 0) is 26.3 Å². The minimum absolute atomic E-state index is 0. The molecule has 1 atom stereocenters. The molecule has 0 amide bonds. The second-order valence-electron chi connectivity index (χ2n) is 5.62. The first-order valence-electron chi connectivity index (χ1n) is 8.07. The summed E-state index contributed by atoms with van der Waals surface area (Å²) in [6.07, 6.45) is 1.00. The van der Waals surface area contributed by atoms with Crippen molar-refractivity contribution in [1.29, 1.82) is 0 Å². The summed E-state index contributed by atoms with van der Waals surface area (Å²) >= 11 is 0. The number of piperazine rings is 1. The van der Waals surface area contributed by atoms with E-state index in [2.05, 4.69) is 36.2 Å². The highest BCUT2D eigenvalue weighted by Crippen LogP contribution is 2.32. The third kappa shape index (κ3) is 5.34. The van der Waals surface area contributed by atoms with Crippen molar-refractivity contribution in [3.8, 4) is 11.5 Å². The normalized spacial score (nSPS) is 18.6. The minimum atomic E-state index is 0. The zero-order chi connectivity index (χ0) is 15.1. The lowest BCUT2D eigenvalue weighted by molar-refractivity contribution is 0.194. The fourth-order valence-corrected chi connectivity index (χ4v) is 2.72. The predicted molar refractivity (Wildman–Crippen MR) is 93.4 cm³/mol. The van der Waals surface area contributed by atoms with Crippen molar-refractivity contribution in [3.63, 3.8) is 0 Å². The largest absolute Gasteiger partial charge is 0.490 e. The van der Waals surface area contributed by atoms with Gasteiger partial charge in [0.1, 0.15) is 0 Å². The second-order valence-corrected chi connectivity index (χ2v) is 5.62. The quantitative estimate of drug-likeness (QED) is 0.834. The number of rotatable bonds is 7. The summed E-state index contributed by atoms with van der Waals surface area (Å²) in [7, 11) is 0. The molecule has 1 heterocycles. The van der Waals surface area contributed by atoms with Crippen molar-refractivity contribution in [3.05, 3.63) is 23.8 Å². The van der Waals surface area contributed by atoms with Gasteiger partial charge in [-0.15, -0.1) is 12.4 Å². The average molecular weight is 329 g/mol. The highest BCUT2D eigenvalue weighted by Gasteiger charge is 2.18. The molecular weight excluding hydrogens is 300 g/mol. The Morgan fingerprint density at radius 1 is 1.27 bits per heavy atom. The van der Waals surface area contributed by atoms with Crippen LogP contribution in [0.25, 0.3) is 0 Å². The maximum absolute atomic E-state index is 5.97. The highest BCUT2D eigenvalue weighted by molar-refractivity contribution is 5.85. The Hall–Kier alpha value is -0.970. The molecule has 0 aromatic heterocycles. The maximum Gasteiger partial charge on any atom is 0.165 e. The Morgan fingerprint density at radius 3 is 2.77 bits per heavy atom. The second kappa shape index (κ2) is 9.93. The molecule has 0 bridgehead atoms. The molecule has 4 nitrogen and oxygen atoms in total. The summed E-state index contributed by atoms with van der Waals surface area (Å²) in [6.45, 7) is 11.9. The van der Waals surface area contributed by atoms with Crippen LogP contribution in [0.4, 0.5) is 0 Å². The molecule has 0 unspecified atom stereocenters. The van der Waals surface area contributed by atoms with Crippen molar-refractivity contribution in [2.75, 3.05) is 32.8 Å².